The molecule has 0 aromatic rings. The van der Waals surface area contributed by atoms with Crippen LogP contribution in [0.25, 0.3) is 0 Å². The van der Waals surface area contributed by atoms with Crippen LogP contribution in [0.15, 0.2) is 0 Å². The van der Waals surface area contributed by atoms with Crippen LogP contribution in [0, 0.1) is 10.8 Å². The Kier molecular flexibility index (Phi) is 3.09. The predicted molar refractivity (Wildman–Crippen MR) is 67.2 cm³/mol. The molecule has 16 heavy (non-hydrogen) atoms. The molecule has 0 bridgehead atoms. The van der Waals surface area contributed by atoms with Gasteiger partial charge in [-0.25, -0.2) is 0 Å². The molecule has 2 nitrogen and oxygen atoms in total. The van der Waals surface area contributed by atoms with Gasteiger partial charge in [0.05, 0.1) is 5.60 Å². The summed E-state index contributed by atoms with van der Waals surface area (Å²) in [7, 11) is 0. The molecule has 0 saturated heterocycles. The maximum Gasteiger partial charge on any atom is 0.0716 e. The number of nitrogens with two attached hydrogens (primary N) is 1. The fourth-order valence-corrected chi connectivity index (χ4v) is 3.65. The molecule has 2 saturated carbocycles. The van der Waals surface area contributed by atoms with Crippen molar-refractivity contribution in [3.63, 3.8) is 0 Å². The highest BCUT2D eigenvalue weighted by Crippen LogP contribution is 2.54. The lowest BCUT2D eigenvalue weighted by Crippen LogP contribution is -2.56. The normalized spacial score (nSPS) is 37.5. The summed E-state index contributed by atoms with van der Waals surface area (Å²) in [5.74, 6) is 0. The van der Waals surface area contributed by atoms with Crippen molar-refractivity contribution < 1.29 is 5.11 Å². The molecule has 2 aliphatic carbocycles. The lowest BCUT2D eigenvalue weighted by Gasteiger charge is -2.53. The van der Waals surface area contributed by atoms with Gasteiger partial charge in [0.1, 0.15) is 0 Å². The van der Waals surface area contributed by atoms with Crippen LogP contribution in [0.3, 0.4) is 0 Å². The third-order valence-electron chi connectivity index (χ3n) is 5.35. The maximum atomic E-state index is 11.0. The van der Waals surface area contributed by atoms with E-state index in [1.807, 2.05) is 0 Å². The van der Waals surface area contributed by atoms with Crippen LogP contribution in [0.5, 0.6) is 0 Å². The second-order valence-electron chi connectivity index (χ2n) is 6.89. The quantitative estimate of drug-likeness (QED) is 0.710. The summed E-state index contributed by atoms with van der Waals surface area (Å²) in [5, 5.41) is 11.0. The van der Waals surface area contributed by atoms with Gasteiger partial charge >= 0.3 is 0 Å². The molecule has 0 aliphatic heterocycles. The lowest BCUT2D eigenvalue weighted by molar-refractivity contribution is -0.132. The van der Waals surface area contributed by atoms with Gasteiger partial charge in [-0.3, -0.25) is 0 Å². The summed E-state index contributed by atoms with van der Waals surface area (Å²) in [6, 6.07) is 0. The zero-order valence-electron chi connectivity index (χ0n) is 10.9. The highest BCUT2D eigenvalue weighted by molar-refractivity contribution is 5.05. The molecular weight excluding hydrogens is 198 g/mol. The first-order valence-corrected chi connectivity index (χ1v) is 6.86. The minimum atomic E-state index is -0.465. The van der Waals surface area contributed by atoms with Crippen molar-refractivity contribution in [1.29, 1.82) is 0 Å². The molecule has 3 N–H and O–H groups in total. The Labute approximate surface area is 99.6 Å². The largest absolute Gasteiger partial charge is 0.389 e. The van der Waals surface area contributed by atoms with Crippen molar-refractivity contribution in [1.82, 2.24) is 0 Å². The van der Waals surface area contributed by atoms with E-state index in [9.17, 15) is 5.11 Å². The smallest absolute Gasteiger partial charge is 0.0716 e. The first-order valence-electron chi connectivity index (χ1n) is 6.86. The molecular formula is C14H27NO. The van der Waals surface area contributed by atoms with Crippen LogP contribution in [0.2, 0.25) is 0 Å². The van der Waals surface area contributed by atoms with Crippen LogP contribution in [-0.4, -0.2) is 17.3 Å². The number of hydrogen-bond donors (Lipinski definition) is 2. The summed E-state index contributed by atoms with van der Waals surface area (Å²) in [6.07, 6.45) is 9.00. The zero-order chi connectivity index (χ0) is 11.9. The van der Waals surface area contributed by atoms with Crippen molar-refractivity contribution in [3.8, 4) is 0 Å². The Morgan fingerprint density at radius 2 is 1.56 bits per heavy atom. The van der Waals surface area contributed by atoms with Gasteiger partial charge in [0.25, 0.3) is 0 Å². The van der Waals surface area contributed by atoms with Gasteiger partial charge in [-0.05, 0) is 43.9 Å². The van der Waals surface area contributed by atoms with Gasteiger partial charge in [-0.2, -0.15) is 0 Å². The molecule has 2 fully saturated rings. The highest BCUT2D eigenvalue weighted by atomic mass is 16.3. The molecule has 2 heteroatoms. The summed E-state index contributed by atoms with van der Waals surface area (Å²) < 4.78 is 0. The molecule has 0 aromatic heterocycles. The fourth-order valence-electron chi connectivity index (χ4n) is 3.65. The Morgan fingerprint density at radius 1 is 0.938 bits per heavy atom. The van der Waals surface area contributed by atoms with E-state index < -0.39 is 5.60 Å². The number of rotatable bonds is 2. The Bertz CT molecular complexity index is 252. The molecule has 1 atom stereocenters. The van der Waals surface area contributed by atoms with E-state index in [2.05, 4.69) is 13.8 Å². The minimum Gasteiger partial charge on any atom is -0.389 e. The van der Waals surface area contributed by atoms with Crippen molar-refractivity contribution in [2.45, 2.75) is 70.8 Å². The third-order valence-corrected chi connectivity index (χ3v) is 5.35. The Balaban J connectivity index is 2.12. The van der Waals surface area contributed by atoms with Gasteiger partial charge in [-0.1, -0.05) is 26.7 Å². The zero-order valence-corrected chi connectivity index (χ0v) is 10.9. The third kappa shape index (κ3) is 1.91. The first-order chi connectivity index (χ1) is 7.43. The lowest BCUT2D eigenvalue weighted by atomic mass is 9.56. The summed E-state index contributed by atoms with van der Waals surface area (Å²) in [4.78, 5) is 0. The summed E-state index contributed by atoms with van der Waals surface area (Å²) in [5.41, 5.74) is 5.95. The molecule has 0 aromatic carbocycles. The van der Waals surface area contributed by atoms with Crippen molar-refractivity contribution in [2.24, 2.45) is 16.6 Å². The Hall–Kier alpha value is -0.0800. The average Bonchev–Trinajstić information content (AvgIpc) is 2.26. The highest BCUT2D eigenvalue weighted by Gasteiger charge is 2.53. The minimum absolute atomic E-state index is 0.0629. The average molecular weight is 225 g/mol. The van der Waals surface area contributed by atoms with Crippen LogP contribution < -0.4 is 5.73 Å². The molecule has 0 amide bonds. The molecule has 2 aliphatic rings. The van der Waals surface area contributed by atoms with Gasteiger partial charge in [0, 0.05) is 12.0 Å². The maximum absolute atomic E-state index is 11.0. The SMILES string of the molecule is CC1(C)CCCC(O)(C2(CN)CCC2)CC1. The summed E-state index contributed by atoms with van der Waals surface area (Å²) in [6.45, 7) is 5.33. The summed E-state index contributed by atoms with van der Waals surface area (Å²) >= 11 is 0. The molecule has 0 spiro atoms. The van der Waals surface area contributed by atoms with E-state index in [4.69, 9.17) is 5.73 Å². The van der Waals surface area contributed by atoms with Gasteiger partial charge in [-0.15, -0.1) is 0 Å². The van der Waals surface area contributed by atoms with Crippen molar-refractivity contribution in [3.05, 3.63) is 0 Å². The van der Waals surface area contributed by atoms with Crippen LogP contribution in [0.1, 0.15) is 65.2 Å². The number of aliphatic hydroxyl groups is 1. The standard InChI is InChI=1S/C14H27NO/c1-12(2)5-3-8-14(16,10-9-12)13(11-15)6-4-7-13/h16H,3-11,15H2,1-2H3. The molecule has 0 radical (unpaired) electrons. The second kappa shape index (κ2) is 3.99. The van der Waals surface area contributed by atoms with E-state index in [1.165, 1.54) is 12.8 Å². The molecule has 94 valence electrons. The van der Waals surface area contributed by atoms with Gasteiger partial charge < -0.3 is 10.8 Å². The monoisotopic (exact) mass is 225 g/mol. The predicted octanol–water partition coefficient (Wildman–Crippen LogP) is 2.84. The Morgan fingerprint density at radius 3 is 2.06 bits per heavy atom. The van der Waals surface area contributed by atoms with E-state index in [1.54, 1.807) is 0 Å². The first kappa shape index (κ1) is 12.4. The molecule has 0 heterocycles. The van der Waals surface area contributed by atoms with E-state index in [0.29, 0.717) is 12.0 Å². The van der Waals surface area contributed by atoms with Crippen LogP contribution in [-0.2, 0) is 0 Å². The van der Waals surface area contributed by atoms with Crippen LogP contribution >= 0.6 is 0 Å². The van der Waals surface area contributed by atoms with E-state index in [-0.39, 0.29) is 5.41 Å². The van der Waals surface area contributed by atoms with Gasteiger partial charge in [0.2, 0.25) is 0 Å². The molecule has 2 rings (SSSR count). The van der Waals surface area contributed by atoms with Gasteiger partial charge in [0.15, 0.2) is 0 Å². The topological polar surface area (TPSA) is 46.2 Å². The fraction of sp³-hybridized carbons (Fsp3) is 1.00. The van der Waals surface area contributed by atoms with Crippen molar-refractivity contribution >= 4 is 0 Å². The molecule has 1 unspecified atom stereocenters. The second-order valence-corrected chi connectivity index (χ2v) is 6.89. The van der Waals surface area contributed by atoms with E-state index in [0.717, 1.165) is 38.5 Å². The number of hydrogen-bond acceptors (Lipinski definition) is 2. The van der Waals surface area contributed by atoms with Crippen molar-refractivity contribution in [2.75, 3.05) is 6.54 Å². The van der Waals surface area contributed by atoms with E-state index >= 15 is 0 Å². The van der Waals surface area contributed by atoms with Crippen LogP contribution in [0.4, 0.5) is 0 Å².